The summed E-state index contributed by atoms with van der Waals surface area (Å²) in [4.78, 5) is 0. The Labute approximate surface area is 79.2 Å². The first-order valence-electron chi connectivity index (χ1n) is 4.51. The Balaban J connectivity index is 2.95. The van der Waals surface area contributed by atoms with Crippen LogP contribution in [0.5, 0.6) is 5.75 Å². The summed E-state index contributed by atoms with van der Waals surface area (Å²) < 4.78 is 5.13. The van der Waals surface area contributed by atoms with Gasteiger partial charge in [0.05, 0.1) is 13.2 Å². The Kier molecular flexibility index (Phi) is 3.32. The van der Waals surface area contributed by atoms with Gasteiger partial charge in [-0.05, 0) is 36.6 Å². The lowest BCUT2D eigenvalue weighted by molar-refractivity contribution is 0.173. The molecule has 0 heterocycles. The van der Waals surface area contributed by atoms with Crippen LogP contribution in [0.2, 0.25) is 0 Å². The van der Waals surface area contributed by atoms with Crippen molar-refractivity contribution >= 4 is 0 Å². The summed E-state index contributed by atoms with van der Waals surface area (Å²) in [7, 11) is 1.65. The molecule has 0 bridgehead atoms. The molecule has 1 atom stereocenters. The summed E-state index contributed by atoms with van der Waals surface area (Å²) in [6.07, 6.45) is 0.385. The number of ether oxygens (including phenoxy) is 1. The smallest absolute Gasteiger partial charge is 0.121 e. The zero-order valence-electron chi connectivity index (χ0n) is 8.37. The summed E-state index contributed by atoms with van der Waals surface area (Å²) in [5, 5.41) is 9.58. The first kappa shape index (κ1) is 10.1. The SMILES string of the molecule is CC[C@H](O)c1ccc(OC)c(C)c1. The Morgan fingerprint density at radius 1 is 1.46 bits per heavy atom. The van der Waals surface area contributed by atoms with Gasteiger partial charge in [-0.1, -0.05) is 13.0 Å². The number of aryl methyl sites for hydroxylation is 1. The van der Waals surface area contributed by atoms with Crippen molar-refractivity contribution in [2.24, 2.45) is 0 Å². The zero-order chi connectivity index (χ0) is 9.84. The molecule has 0 aliphatic heterocycles. The van der Waals surface area contributed by atoms with Gasteiger partial charge in [-0.25, -0.2) is 0 Å². The van der Waals surface area contributed by atoms with Crippen molar-refractivity contribution in [3.63, 3.8) is 0 Å². The van der Waals surface area contributed by atoms with E-state index in [9.17, 15) is 5.11 Å². The van der Waals surface area contributed by atoms with E-state index >= 15 is 0 Å². The van der Waals surface area contributed by atoms with Crippen LogP contribution in [0.15, 0.2) is 18.2 Å². The monoisotopic (exact) mass is 180 g/mol. The third-order valence-corrected chi connectivity index (χ3v) is 2.19. The van der Waals surface area contributed by atoms with Crippen molar-refractivity contribution in [3.8, 4) is 5.75 Å². The Hall–Kier alpha value is -1.02. The molecule has 0 spiro atoms. The average molecular weight is 180 g/mol. The van der Waals surface area contributed by atoms with Crippen molar-refractivity contribution < 1.29 is 9.84 Å². The zero-order valence-corrected chi connectivity index (χ0v) is 8.37. The van der Waals surface area contributed by atoms with Gasteiger partial charge < -0.3 is 9.84 Å². The van der Waals surface area contributed by atoms with E-state index < -0.39 is 0 Å². The molecule has 0 fully saturated rings. The molecule has 0 saturated carbocycles. The minimum atomic E-state index is -0.357. The third-order valence-electron chi connectivity index (χ3n) is 2.19. The molecule has 0 radical (unpaired) electrons. The van der Waals surface area contributed by atoms with E-state index in [0.29, 0.717) is 0 Å². The quantitative estimate of drug-likeness (QED) is 0.774. The molecule has 13 heavy (non-hydrogen) atoms. The van der Waals surface area contributed by atoms with Gasteiger partial charge in [0.15, 0.2) is 0 Å². The van der Waals surface area contributed by atoms with E-state index in [-0.39, 0.29) is 6.10 Å². The summed E-state index contributed by atoms with van der Waals surface area (Å²) in [6, 6.07) is 5.76. The minimum absolute atomic E-state index is 0.357. The van der Waals surface area contributed by atoms with Crippen LogP contribution in [0.25, 0.3) is 0 Å². The third kappa shape index (κ3) is 2.22. The second-order valence-electron chi connectivity index (χ2n) is 3.15. The second-order valence-corrected chi connectivity index (χ2v) is 3.15. The van der Waals surface area contributed by atoms with E-state index in [1.807, 2.05) is 32.0 Å². The number of aliphatic hydroxyl groups excluding tert-OH is 1. The van der Waals surface area contributed by atoms with E-state index in [1.54, 1.807) is 7.11 Å². The Morgan fingerprint density at radius 2 is 2.15 bits per heavy atom. The molecular formula is C11H16O2. The fourth-order valence-corrected chi connectivity index (χ4v) is 1.34. The lowest BCUT2D eigenvalue weighted by Crippen LogP contribution is -1.96. The lowest BCUT2D eigenvalue weighted by Gasteiger charge is -2.11. The molecule has 1 aromatic carbocycles. The predicted octanol–water partition coefficient (Wildman–Crippen LogP) is 2.45. The van der Waals surface area contributed by atoms with E-state index in [2.05, 4.69) is 0 Å². The largest absolute Gasteiger partial charge is 0.496 e. The second kappa shape index (κ2) is 4.28. The molecule has 1 rings (SSSR count). The standard InChI is InChI=1S/C11H16O2/c1-4-10(12)9-5-6-11(13-3)8(2)7-9/h5-7,10,12H,4H2,1-3H3/t10-/m0/s1. The molecule has 2 heteroatoms. The van der Waals surface area contributed by atoms with Gasteiger partial charge in [0.1, 0.15) is 5.75 Å². The van der Waals surface area contributed by atoms with Crippen molar-refractivity contribution in [1.82, 2.24) is 0 Å². The summed E-state index contributed by atoms with van der Waals surface area (Å²) in [5.74, 6) is 0.868. The lowest BCUT2D eigenvalue weighted by atomic mass is 10.0. The topological polar surface area (TPSA) is 29.5 Å². The van der Waals surface area contributed by atoms with Crippen LogP contribution in [-0.4, -0.2) is 12.2 Å². The van der Waals surface area contributed by atoms with E-state index in [0.717, 1.165) is 23.3 Å². The van der Waals surface area contributed by atoms with Crippen molar-refractivity contribution in [1.29, 1.82) is 0 Å². The number of aliphatic hydroxyl groups is 1. The molecule has 0 saturated heterocycles. The fraction of sp³-hybridized carbons (Fsp3) is 0.455. The van der Waals surface area contributed by atoms with Crippen LogP contribution in [0, 0.1) is 6.92 Å². The van der Waals surface area contributed by atoms with Gasteiger partial charge >= 0.3 is 0 Å². The molecule has 0 aromatic heterocycles. The molecule has 2 nitrogen and oxygen atoms in total. The average Bonchev–Trinajstić information content (AvgIpc) is 2.16. The van der Waals surface area contributed by atoms with Crippen LogP contribution < -0.4 is 4.74 Å². The predicted molar refractivity (Wildman–Crippen MR) is 53.0 cm³/mol. The Morgan fingerprint density at radius 3 is 2.62 bits per heavy atom. The van der Waals surface area contributed by atoms with Crippen LogP contribution in [0.3, 0.4) is 0 Å². The van der Waals surface area contributed by atoms with Gasteiger partial charge in [-0.15, -0.1) is 0 Å². The molecule has 0 amide bonds. The first-order chi connectivity index (χ1) is 6.19. The van der Waals surface area contributed by atoms with Gasteiger partial charge in [-0.3, -0.25) is 0 Å². The number of hydrogen-bond donors (Lipinski definition) is 1. The summed E-state index contributed by atoms with van der Waals surface area (Å²) in [5.41, 5.74) is 2.02. The number of rotatable bonds is 3. The fourth-order valence-electron chi connectivity index (χ4n) is 1.34. The highest BCUT2D eigenvalue weighted by molar-refractivity contribution is 5.36. The molecule has 0 unspecified atom stereocenters. The first-order valence-corrected chi connectivity index (χ1v) is 4.51. The molecule has 0 aliphatic carbocycles. The van der Waals surface area contributed by atoms with E-state index in [4.69, 9.17) is 4.74 Å². The van der Waals surface area contributed by atoms with Crippen molar-refractivity contribution in [2.45, 2.75) is 26.4 Å². The number of hydrogen-bond acceptors (Lipinski definition) is 2. The highest BCUT2D eigenvalue weighted by Gasteiger charge is 2.06. The Bertz CT molecular complexity index is 281. The van der Waals surface area contributed by atoms with Gasteiger partial charge in [0.25, 0.3) is 0 Å². The number of methoxy groups -OCH3 is 1. The normalized spacial score (nSPS) is 12.6. The highest BCUT2D eigenvalue weighted by Crippen LogP contribution is 2.23. The van der Waals surface area contributed by atoms with Crippen molar-refractivity contribution in [2.75, 3.05) is 7.11 Å². The van der Waals surface area contributed by atoms with Crippen LogP contribution >= 0.6 is 0 Å². The van der Waals surface area contributed by atoms with Gasteiger partial charge in [0, 0.05) is 0 Å². The molecule has 1 N–H and O–H groups in total. The molecular weight excluding hydrogens is 164 g/mol. The maximum Gasteiger partial charge on any atom is 0.121 e. The van der Waals surface area contributed by atoms with Crippen LogP contribution in [0.4, 0.5) is 0 Å². The summed E-state index contributed by atoms with van der Waals surface area (Å²) in [6.45, 7) is 3.94. The van der Waals surface area contributed by atoms with Gasteiger partial charge in [0.2, 0.25) is 0 Å². The highest BCUT2D eigenvalue weighted by atomic mass is 16.5. The number of benzene rings is 1. The van der Waals surface area contributed by atoms with Crippen LogP contribution in [-0.2, 0) is 0 Å². The minimum Gasteiger partial charge on any atom is -0.496 e. The van der Waals surface area contributed by atoms with Gasteiger partial charge in [-0.2, -0.15) is 0 Å². The molecule has 72 valence electrons. The maximum atomic E-state index is 9.58. The summed E-state index contributed by atoms with van der Waals surface area (Å²) >= 11 is 0. The molecule has 1 aromatic rings. The maximum absolute atomic E-state index is 9.58. The van der Waals surface area contributed by atoms with E-state index in [1.165, 1.54) is 0 Å². The van der Waals surface area contributed by atoms with Crippen molar-refractivity contribution in [3.05, 3.63) is 29.3 Å². The molecule has 0 aliphatic rings. The van der Waals surface area contributed by atoms with Crippen LogP contribution in [0.1, 0.15) is 30.6 Å².